The molecule has 0 radical (unpaired) electrons. The van der Waals surface area contributed by atoms with Gasteiger partial charge >= 0.3 is 11.6 Å². The van der Waals surface area contributed by atoms with Crippen molar-refractivity contribution < 1.29 is 13.9 Å². The van der Waals surface area contributed by atoms with Crippen LogP contribution in [0.2, 0.25) is 0 Å². The van der Waals surface area contributed by atoms with Gasteiger partial charge in [0, 0.05) is 17.0 Å². The van der Waals surface area contributed by atoms with Gasteiger partial charge in [0.15, 0.2) is 0 Å². The van der Waals surface area contributed by atoms with Gasteiger partial charge in [-0.25, -0.2) is 9.59 Å². The SMILES string of the molecule is C=CC(=O)Oc1c(C)c2ccc(C)cc2oc1=O. The predicted molar refractivity (Wildman–Crippen MR) is 67.8 cm³/mol. The molecule has 0 amide bonds. The highest BCUT2D eigenvalue weighted by Crippen LogP contribution is 2.24. The quantitative estimate of drug-likeness (QED) is 0.462. The van der Waals surface area contributed by atoms with E-state index in [9.17, 15) is 9.59 Å². The van der Waals surface area contributed by atoms with E-state index in [1.165, 1.54) is 0 Å². The fraction of sp³-hybridized carbons (Fsp3) is 0.143. The van der Waals surface area contributed by atoms with Crippen molar-refractivity contribution in [3.63, 3.8) is 0 Å². The summed E-state index contributed by atoms with van der Waals surface area (Å²) in [6, 6.07) is 5.49. The summed E-state index contributed by atoms with van der Waals surface area (Å²) in [7, 11) is 0. The standard InChI is InChI=1S/C14H12O4/c1-4-12(15)18-13-9(3)10-6-5-8(2)7-11(10)17-14(13)16/h4-7H,1H2,2-3H3. The second kappa shape index (κ2) is 4.49. The number of ether oxygens (including phenoxy) is 1. The van der Waals surface area contributed by atoms with E-state index in [0.29, 0.717) is 11.1 Å². The van der Waals surface area contributed by atoms with Crippen LogP contribution in [0.1, 0.15) is 11.1 Å². The number of carbonyl (C=O) groups excluding carboxylic acids is 1. The van der Waals surface area contributed by atoms with Gasteiger partial charge in [-0.3, -0.25) is 0 Å². The second-order valence-corrected chi connectivity index (χ2v) is 3.97. The molecule has 1 heterocycles. The smallest absolute Gasteiger partial charge is 0.380 e. The van der Waals surface area contributed by atoms with Crippen LogP contribution in [-0.4, -0.2) is 5.97 Å². The molecule has 1 aromatic carbocycles. The fourth-order valence-electron chi connectivity index (χ4n) is 1.71. The lowest BCUT2D eigenvalue weighted by atomic mass is 10.1. The summed E-state index contributed by atoms with van der Waals surface area (Å²) in [5.74, 6) is -0.770. The van der Waals surface area contributed by atoms with E-state index in [0.717, 1.165) is 17.0 Å². The summed E-state index contributed by atoms with van der Waals surface area (Å²) < 4.78 is 10.0. The molecule has 0 unspecified atom stereocenters. The molecule has 4 nitrogen and oxygen atoms in total. The van der Waals surface area contributed by atoms with Gasteiger partial charge < -0.3 is 9.15 Å². The number of hydrogen-bond acceptors (Lipinski definition) is 4. The van der Waals surface area contributed by atoms with Crippen molar-refractivity contribution in [1.82, 2.24) is 0 Å². The summed E-state index contributed by atoms with van der Waals surface area (Å²) in [6.45, 7) is 6.89. The van der Waals surface area contributed by atoms with Crippen LogP contribution in [0.4, 0.5) is 0 Å². The molecule has 2 rings (SSSR count). The van der Waals surface area contributed by atoms with Crippen molar-refractivity contribution in [1.29, 1.82) is 0 Å². The van der Waals surface area contributed by atoms with Crippen molar-refractivity contribution >= 4 is 16.9 Å². The zero-order valence-corrected chi connectivity index (χ0v) is 10.1. The van der Waals surface area contributed by atoms with Crippen LogP contribution >= 0.6 is 0 Å². The van der Waals surface area contributed by atoms with E-state index < -0.39 is 11.6 Å². The van der Waals surface area contributed by atoms with Gasteiger partial charge in [-0.05, 0) is 25.5 Å². The maximum Gasteiger partial charge on any atom is 0.380 e. The minimum absolute atomic E-state index is 0.0868. The highest BCUT2D eigenvalue weighted by molar-refractivity contribution is 5.86. The molecule has 18 heavy (non-hydrogen) atoms. The lowest BCUT2D eigenvalue weighted by molar-refractivity contribution is -0.129. The van der Waals surface area contributed by atoms with E-state index in [1.807, 2.05) is 19.1 Å². The first-order valence-electron chi connectivity index (χ1n) is 5.41. The number of esters is 1. The van der Waals surface area contributed by atoms with Crippen LogP contribution in [0.3, 0.4) is 0 Å². The highest BCUT2D eigenvalue weighted by atomic mass is 16.5. The Morgan fingerprint density at radius 1 is 1.39 bits per heavy atom. The normalized spacial score (nSPS) is 10.3. The fourth-order valence-corrected chi connectivity index (χ4v) is 1.71. The third kappa shape index (κ3) is 2.05. The number of benzene rings is 1. The van der Waals surface area contributed by atoms with Crippen LogP contribution in [-0.2, 0) is 4.79 Å². The van der Waals surface area contributed by atoms with E-state index in [-0.39, 0.29) is 5.75 Å². The lowest BCUT2D eigenvalue weighted by Gasteiger charge is -2.07. The first-order chi connectivity index (χ1) is 8.52. The van der Waals surface area contributed by atoms with Crippen LogP contribution < -0.4 is 10.4 Å². The maximum absolute atomic E-state index is 11.7. The van der Waals surface area contributed by atoms with Gasteiger partial charge in [0.05, 0.1) is 0 Å². The third-order valence-corrected chi connectivity index (χ3v) is 2.64. The summed E-state index contributed by atoms with van der Waals surface area (Å²) in [4.78, 5) is 22.9. The Labute approximate surface area is 103 Å². The molecule has 4 heteroatoms. The molecule has 0 N–H and O–H groups in total. The molecular weight excluding hydrogens is 232 g/mol. The van der Waals surface area contributed by atoms with Crippen LogP contribution in [0.25, 0.3) is 11.0 Å². The monoisotopic (exact) mass is 244 g/mol. The van der Waals surface area contributed by atoms with Gasteiger partial charge in [0.25, 0.3) is 0 Å². The Kier molecular flexibility index (Phi) is 3.02. The van der Waals surface area contributed by atoms with Gasteiger partial charge in [-0.2, -0.15) is 0 Å². The average molecular weight is 244 g/mol. The number of aryl methyl sites for hydroxylation is 2. The van der Waals surface area contributed by atoms with Gasteiger partial charge in [0.2, 0.25) is 5.75 Å². The minimum atomic E-state index is -0.683. The molecule has 0 saturated heterocycles. The zero-order valence-electron chi connectivity index (χ0n) is 10.1. The predicted octanol–water partition coefficient (Wildman–Crippen LogP) is 2.50. The van der Waals surface area contributed by atoms with E-state index >= 15 is 0 Å². The van der Waals surface area contributed by atoms with Crippen molar-refractivity contribution in [2.24, 2.45) is 0 Å². The van der Waals surface area contributed by atoms with Crippen LogP contribution in [0.5, 0.6) is 5.75 Å². The van der Waals surface area contributed by atoms with Crippen molar-refractivity contribution in [3.8, 4) is 5.75 Å². The average Bonchev–Trinajstić information content (AvgIpc) is 2.33. The van der Waals surface area contributed by atoms with E-state index in [4.69, 9.17) is 9.15 Å². The molecule has 92 valence electrons. The summed E-state index contributed by atoms with van der Waals surface area (Å²) in [5, 5.41) is 0.743. The lowest BCUT2D eigenvalue weighted by Crippen LogP contribution is -2.13. The Morgan fingerprint density at radius 3 is 2.78 bits per heavy atom. The Balaban J connectivity index is 2.69. The summed E-state index contributed by atoms with van der Waals surface area (Å²) >= 11 is 0. The Hall–Kier alpha value is -2.36. The number of rotatable bonds is 2. The van der Waals surface area contributed by atoms with E-state index in [1.54, 1.807) is 13.0 Å². The first-order valence-corrected chi connectivity index (χ1v) is 5.41. The van der Waals surface area contributed by atoms with Gasteiger partial charge in [-0.1, -0.05) is 18.7 Å². The first kappa shape index (κ1) is 12.1. The zero-order chi connectivity index (χ0) is 13.3. The molecule has 1 aromatic heterocycles. The Morgan fingerprint density at radius 2 is 2.11 bits per heavy atom. The van der Waals surface area contributed by atoms with Crippen LogP contribution in [0.15, 0.2) is 40.1 Å². The second-order valence-electron chi connectivity index (χ2n) is 3.97. The Bertz CT molecular complexity index is 695. The maximum atomic E-state index is 11.7. The minimum Gasteiger partial charge on any atom is -0.420 e. The molecule has 0 aliphatic heterocycles. The molecule has 0 atom stereocenters. The number of hydrogen-bond donors (Lipinski definition) is 0. The van der Waals surface area contributed by atoms with Crippen molar-refractivity contribution in [2.75, 3.05) is 0 Å². The van der Waals surface area contributed by atoms with Crippen molar-refractivity contribution in [3.05, 3.63) is 52.4 Å². The molecule has 0 saturated carbocycles. The molecule has 0 bridgehead atoms. The highest BCUT2D eigenvalue weighted by Gasteiger charge is 2.14. The van der Waals surface area contributed by atoms with Gasteiger partial charge in [-0.15, -0.1) is 0 Å². The number of fused-ring (bicyclic) bond motifs is 1. The van der Waals surface area contributed by atoms with E-state index in [2.05, 4.69) is 6.58 Å². The summed E-state index contributed by atoms with van der Waals surface area (Å²) in [5.41, 5.74) is 1.38. The molecular formula is C14H12O4. The topological polar surface area (TPSA) is 56.5 Å². The van der Waals surface area contributed by atoms with Crippen LogP contribution in [0, 0.1) is 13.8 Å². The third-order valence-electron chi connectivity index (χ3n) is 2.64. The molecule has 0 aliphatic carbocycles. The molecule has 0 aliphatic rings. The number of carbonyl (C=O) groups is 1. The molecule has 0 fully saturated rings. The largest absolute Gasteiger partial charge is 0.420 e. The van der Waals surface area contributed by atoms with Gasteiger partial charge in [0.1, 0.15) is 5.58 Å². The molecule has 0 spiro atoms. The van der Waals surface area contributed by atoms with Crippen molar-refractivity contribution in [2.45, 2.75) is 13.8 Å². The molecule has 2 aromatic rings. The summed E-state index contributed by atoms with van der Waals surface area (Å²) in [6.07, 6.45) is 0.998.